The number of aliphatic hydroxyl groups is 1. The van der Waals surface area contributed by atoms with Crippen LogP contribution in [0, 0.1) is 11.2 Å². The minimum absolute atomic E-state index is 0.0991. The Morgan fingerprint density at radius 3 is 2.62 bits per heavy atom. The number of hydrogen-bond donors (Lipinski definition) is 1. The van der Waals surface area contributed by atoms with Gasteiger partial charge in [-0.05, 0) is 49.1 Å². The van der Waals surface area contributed by atoms with Gasteiger partial charge in [0.05, 0.1) is 23.8 Å². The summed E-state index contributed by atoms with van der Waals surface area (Å²) < 4.78 is 13.2. The fraction of sp³-hybridized carbons (Fsp3) is 0.333. The van der Waals surface area contributed by atoms with Crippen LogP contribution < -0.4 is 4.90 Å². The van der Waals surface area contributed by atoms with Crippen molar-refractivity contribution in [2.45, 2.75) is 19.3 Å². The summed E-state index contributed by atoms with van der Waals surface area (Å²) in [7, 11) is 0. The van der Waals surface area contributed by atoms with E-state index in [4.69, 9.17) is 4.98 Å². The van der Waals surface area contributed by atoms with Crippen LogP contribution >= 0.6 is 0 Å². The molecule has 0 unspecified atom stereocenters. The van der Waals surface area contributed by atoms with Crippen molar-refractivity contribution in [3.63, 3.8) is 0 Å². The Hall–Kier alpha value is -2.53. The van der Waals surface area contributed by atoms with Gasteiger partial charge >= 0.3 is 0 Å². The van der Waals surface area contributed by atoms with Crippen LogP contribution in [0.5, 0.6) is 0 Å². The zero-order chi connectivity index (χ0) is 18.0. The monoisotopic (exact) mass is 351 g/mol. The van der Waals surface area contributed by atoms with Crippen LogP contribution in [0.15, 0.2) is 54.7 Å². The van der Waals surface area contributed by atoms with E-state index in [0.29, 0.717) is 6.54 Å². The summed E-state index contributed by atoms with van der Waals surface area (Å²) in [5, 5.41) is 10.2. The van der Waals surface area contributed by atoms with Crippen LogP contribution in [0.1, 0.15) is 18.4 Å². The Morgan fingerprint density at radius 2 is 1.85 bits per heavy atom. The maximum absolute atomic E-state index is 13.2. The van der Waals surface area contributed by atoms with Gasteiger partial charge in [0.25, 0.3) is 0 Å². The molecule has 1 aliphatic rings. The molecule has 5 heteroatoms. The number of hydrogen-bond acceptors (Lipinski definition) is 4. The molecule has 1 fully saturated rings. The number of benzene rings is 2. The SMILES string of the molecule is OC[C@]1(Cc2ccc(F)cc2)CCCN(c2cnc3ccccc3n2)C1. The second-order valence-electron chi connectivity index (χ2n) is 7.20. The number of piperidine rings is 1. The van der Waals surface area contributed by atoms with Crippen molar-refractivity contribution in [1.82, 2.24) is 9.97 Å². The van der Waals surface area contributed by atoms with Crippen molar-refractivity contribution in [3.05, 3.63) is 66.1 Å². The first-order valence-corrected chi connectivity index (χ1v) is 9.00. The van der Waals surface area contributed by atoms with Crippen LogP contribution in [0.3, 0.4) is 0 Å². The summed E-state index contributed by atoms with van der Waals surface area (Å²) in [6.07, 6.45) is 4.46. The molecule has 1 N–H and O–H groups in total. The second kappa shape index (κ2) is 7.00. The lowest BCUT2D eigenvalue weighted by Gasteiger charge is -2.42. The fourth-order valence-corrected chi connectivity index (χ4v) is 3.87. The van der Waals surface area contributed by atoms with Gasteiger partial charge in [-0.3, -0.25) is 4.98 Å². The van der Waals surface area contributed by atoms with Gasteiger partial charge in [-0.25, -0.2) is 9.37 Å². The molecule has 0 amide bonds. The van der Waals surface area contributed by atoms with E-state index in [9.17, 15) is 9.50 Å². The normalized spacial score (nSPS) is 20.5. The molecule has 2 aromatic carbocycles. The highest BCUT2D eigenvalue weighted by Crippen LogP contribution is 2.35. The molecule has 0 spiro atoms. The highest BCUT2D eigenvalue weighted by molar-refractivity contribution is 5.75. The molecule has 4 nitrogen and oxygen atoms in total. The van der Waals surface area contributed by atoms with Gasteiger partial charge in [0.1, 0.15) is 11.6 Å². The number of aromatic nitrogens is 2. The highest BCUT2D eigenvalue weighted by atomic mass is 19.1. The van der Waals surface area contributed by atoms with Crippen LogP contribution in [0.25, 0.3) is 11.0 Å². The molecule has 0 aliphatic carbocycles. The van der Waals surface area contributed by atoms with E-state index in [0.717, 1.165) is 48.2 Å². The number of rotatable bonds is 4. The average molecular weight is 351 g/mol. The van der Waals surface area contributed by atoms with E-state index in [1.807, 2.05) is 42.6 Å². The number of para-hydroxylation sites is 2. The minimum Gasteiger partial charge on any atom is -0.396 e. The first kappa shape index (κ1) is 16.9. The number of fused-ring (bicyclic) bond motifs is 1. The summed E-state index contributed by atoms with van der Waals surface area (Å²) in [5.41, 5.74) is 2.56. The molecule has 1 aromatic heterocycles. The Bertz CT molecular complexity index is 899. The molecular formula is C21H22FN3O. The first-order valence-electron chi connectivity index (χ1n) is 9.00. The van der Waals surface area contributed by atoms with E-state index in [1.165, 1.54) is 12.1 Å². The molecule has 1 saturated heterocycles. The van der Waals surface area contributed by atoms with Crippen LogP contribution in [0.4, 0.5) is 10.2 Å². The number of halogens is 1. The van der Waals surface area contributed by atoms with Gasteiger partial charge in [0, 0.05) is 18.5 Å². The van der Waals surface area contributed by atoms with E-state index in [2.05, 4.69) is 9.88 Å². The summed E-state index contributed by atoms with van der Waals surface area (Å²) in [6, 6.07) is 14.4. The molecular weight excluding hydrogens is 329 g/mol. The third kappa shape index (κ3) is 3.40. The quantitative estimate of drug-likeness (QED) is 0.780. The number of aliphatic hydroxyl groups excluding tert-OH is 1. The van der Waals surface area contributed by atoms with Gasteiger partial charge in [0.2, 0.25) is 0 Å². The van der Waals surface area contributed by atoms with Crippen molar-refractivity contribution in [2.24, 2.45) is 5.41 Å². The summed E-state index contributed by atoms with van der Waals surface area (Å²) >= 11 is 0. The molecule has 26 heavy (non-hydrogen) atoms. The van der Waals surface area contributed by atoms with Crippen molar-refractivity contribution < 1.29 is 9.50 Å². The van der Waals surface area contributed by atoms with Gasteiger partial charge in [-0.1, -0.05) is 24.3 Å². The summed E-state index contributed by atoms with van der Waals surface area (Å²) in [6.45, 7) is 1.72. The average Bonchev–Trinajstić information content (AvgIpc) is 2.69. The Labute approximate surface area is 152 Å². The summed E-state index contributed by atoms with van der Waals surface area (Å²) in [4.78, 5) is 11.5. The summed E-state index contributed by atoms with van der Waals surface area (Å²) in [5.74, 6) is 0.615. The van der Waals surface area contributed by atoms with E-state index < -0.39 is 0 Å². The van der Waals surface area contributed by atoms with Gasteiger partial charge in [-0.15, -0.1) is 0 Å². The van der Waals surface area contributed by atoms with E-state index in [-0.39, 0.29) is 17.8 Å². The minimum atomic E-state index is -0.247. The molecule has 0 bridgehead atoms. The zero-order valence-corrected chi connectivity index (χ0v) is 14.6. The molecule has 1 atom stereocenters. The van der Waals surface area contributed by atoms with Crippen molar-refractivity contribution >= 4 is 16.9 Å². The Balaban J connectivity index is 1.58. The topological polar surface area (TPSA) is 49.2 Å². The highest BCUT2D eigenvalue weighted by Gasteiger charge is 2.35. The predicted molar refractivity (Wildman–Crippen MR) is 101 cm³/mol. The number of anilines is 1. The second-order valence-corrected chi connectivity index (χ2v) is 7.20. The van der Waals surface area contributed by atoms with Crippen molar-refractivity contribution in [2.75, 3.05) is 24.6 Å². The van der Waals surface area contributed by atoms with Crippen LogP contribution in [-0.2, 0) is 6.42 Å². The molecule has 4 rings (SSSR count). The van der Waals surface area contributed by atoms with Crippen LogP contribution in [0.2, 0.25) is 0 Å². The molecule has 2 heterocycles. The molecule has 0 saturated carbocycles. The Morgan fingerprint density at radius 1 is 1.08 bits per heavy atom. The lowest BCUT2D eigenvalue weighted by Crippen LogP contribution is -2.47. The maximum atomic E-state index is 13.2. The fourth-order valence-electron chi connectivity index (χ4n) is 3.87. The zero-order valence-electron chi connectivity index (χ0n) is 14.6. The van der Waals surface area contributed by atoms with Gasteiger partial charge in [-0.2, -0.15) is 0 Å². The van der Waals surface area contributed by atoms with E-state index >= 15 is 0 Å². The largest absolute Gasteiger partial charge is 0.396 e. The third-order valence-electron chi connectivity index (χ3n) is 5.25. The van der Waals surface area contributed by atoms with E-state index in [1.54, 1.807) is 0 Å². The molecule has 1 aliphatic heterocycles. The lowest BCUT2D eigenvalue weighted by atomic mass is 9.76. The standard InChI is InChI=1S/C21H22FN3O/c22-17-8-6-16(7-9-17)12-21(15-26)10-3-11-25(14-21)20-13-23-18-4-1-2-5-19(18)24-20/h1-2,4-9,13,26H,3,10-12,14-15H2/t21-/m0/s1. The van der Waals surface area contributed by atoms with Crippen molar-refractivity contribution in [1.29, 1.82) is 0 Å². The van der Waals surface area contributed by atoms with Gasteiger partial charge in [0.15, 0.2) is 0 Å². The van der Waals surface area contributed by atoms with Crippen molar-refractivity contribution in [3.8, 4) is 0 Å². The smallest absolute Gasteiger partial charge is 0.147 e. The predicted octanol–water partition coefficient (Wildman–Crippen LogP) is 3.59. The Kier molecular flexibility index (Phi) is 4.55. The lowest BCUT2D eigenvalue weighted by molar-refractivity contribution is 0.105. The molecule has 3 aromatic rings. The molecule has 134 valence electrons. The number of nitrogens with zero attached hydrogens (tertiary/aromatic N) is 3. The van der Waals surface area contributed by atoms with Gasteiger partial charge < -0.3 is 10.0 Å². The van der Waals surface area contributed by atoms with Crippen LogP contribution in [-0.4, -0.2) is 34.8 Å². The maximum Gasteiger partial charge on any atom is 0.147 e. The third-order valence-corrected chi connectivity index (χ3v) is 5.25. The first-order chi connectivity index (χ1) is 12.7. The molecule has 0 radical (unpaired) electrons.